The van der Waals surface area contributed by atoms with E-state index in [-0.39, 0.29) is 5.56 Å². The van der Waals surface area contributed by atoms with Crippen molar-refractivity contribution in [2.75, 3.05) is 12.4 Å². The van der Waals surface area contributed by atoms with Crippen LogP contribution in [0.5, 0.6) is 5.88 Å². The maximum absolute atomic E-state index is 12.5. The highest BCUT2D eigenvalue weighted by molar-refractivity contribution is 6.48. The first kappa shape index (κ1) is 14.7. The Morgan fingerprint density at radius 1 is 1.22 bits per heavy atom. The number of aromatic nitrogens is 3. The van der Waals surface area contributed by atoms with Crippen LogP contribution in [0.25, 0.3) is 11.0 Å². The highest BCUT2D eigenvalue weighted by Gasteiger charge is 2.23. The number of H-pyrrole nitrogens is 1. The zero-order valence-electron chi connectivity index (χ0n) is 12.6. The number of nitrogens with zero attached hydrogens (tertiary/aromatic N) is 2. The second kappa shape index (κ2) is 5.88. The van der Waals surface area contributed by atoms with E-state index in [4.69, 9.17) is 4.74 Å². The van der Waals surface area contributed by atoms with Crippen LogP contribution in [0.3, 0.4) is 0 Å². The summed E-state index contributed by atoms with van der Waals surface area (Å²) in [5, 5.41) is 2.55. The third kappa shape index (κ3) is 2.76. The number of Topliss-reactive ketones (excluding diaryl/α,β-unsaturated/α-hetero) is 1. The Bertz CT molecular complexity index is 901. The summed E-state index contributed by atoms with van der Waals surface area (Å²) in [6.07, 6.45) is 3.06. The Labute approximate surface area is 131 Å². The summed E-state index contributed by atoms with van der Waals surface area (Å²) in [5.41, 5.74) is 2.51. The van der Waals surface area contributed by atoms with Crippen LogP contribution >= 0.6 is 0 Å². The number of anilines is 1. The summed E-state index contributed by atoms with van der Waals surface area (Å²) in [5.74, 6) is -1.05. The molecule has 23 heavy (non-hydrogen) atoms. The van der Waals surface area contributed by atoms with Gasteiger partial charge in [-0.1, -0.05) is 0 Å². The second-order valence-corrected chi connectivity index (χ2v) is 4.89. The topological polar surface area (TPSA) is 97.0 Å². The second-order valence-electron chi connectivity index (χ2n) is 4.89. The molecule has 0 fully saturated rings. The predicted molar refractivity (Wildman–Crippen MR) is 84.6 cm³/mol. The lowest BCUT2D eigenvalue weighted by Crippen LogP contribution is -2.23. The summed E-state index contributed by atoms with van der Waals surface area (Å²) >= 11 is 0. The quantitative estimate of drug-likeness (QED) is 0.568. The lowest BCUT2D eigenvalue weighted by molar-refractivity contribution is -0.112. The summed E-state index contributed by atoms with van der Waals surface area (Å²) in [6, 6.07) is 6.67. The number of amides is 1. The van der Waals surface area contributed by atoms with Crippen molar-refractivity contribution in [3.63, 3.8) is 0 Å². The number of pyridine rings is 2. The summed E-state index contributed by atoms with van der Waals surface area (Å²) in [4.78, 5) is 35.9. The molecule has 0 saturated heterocycles. The Kier molecular flexibility index (Phi) is 3.76. The molecule has 0 atom stereocenters. The van der Waals surface area contributed by atoms with Gasteiger partial charge in [-0.05, 0) is 25.1 Å². The molecule has 1 amide bonds. The molecule has 3 rings (SSSR count). The van der Waals surface area contributed by atoms with Crippen molar-refractivity contribution in [2.45, 2.75) is 6.92 Å². The lowest BCUT2D eigenvalue weighted by Gasteiger charge is -2.05. The minimum atomic E-state index is -0.743. The molecule has 3 heterocycles. The van der Waals surface area contributed by atoms with Gasteiger partial charge in [-0.15, -0.1) is 0 Å². The van der Waals surface area contributed by atoms with E-state index in [9.17, 15) is 9.59 Å². The van der Waals surface area contributed by atoms with E-state index in [1.165, 1.54) is 19.4 Å². The number of nitrogens with one attached hydrogen (secondary N) is 2. The first-order valence-electron chi connectivity index (χ1n) is 6.89. The van der Waals surface area contributed by atoms with Gasteiger partial charge in [0.05, 0.1) is 23.7 Å². The smallest absolute Gasteiger partial charge is 0.296 e. The highest BCUT2D eigenvalue weighted by atomic mass is 16.5. The largest absolute Gasteiger partial charge is 0.481 e. The maximum atomic E-state index is 12.5. The molecule has 3 aromatic rings. The van der Waals surface area contributed by atoms with Crippen LogP contribution in [0.1, 0.15) is 16.1 Å². The Morgan fingerprint density at radius 2 is 2.04 bits per heavy atom. The standard InChI is InChI=1S/C16H14N4O3/c1-9-13(14-11(19-9)4-3-6-18-14)15(21)16(22)20-10-5-7-17-12(8-10)23-2/h3-8,19H,1-2H3,(H,17,20,22). The molecule has 0 aliphatic carbocycles. The van der Waals surface area contributed by atoms with Crippen molar-refractivity contribution in [1.29, 1.82) is 0 Å². The Morgan fingerprint density at radius 3 is 2.83 bits per heavy atom. The number of carbonyl (C=O) groups excluding carboxylic acids is 2. The van der Waals surface area contributed by atoms with Gasteiger partial charge in [-0.2, -0.15) is 0 Å². The van der Waals surface area contributed by atoms with Crippen LogP contribution in [-0.4, -0.2) is 33.8 Å². The molecule has 3 aromatic heterocycles. The van der Waals surface area contributed by atoms with Gasteiger partial charge in [0.2, 0.25) is 5.88 Å². The molecule has 7 heteroatoms. The fraction of sp³-hybridized carbons (Fsp3) is 0.125. The van der Waals surface area contributed by atoms with Gasteiger partial charge >= 0.3 is 0 Å². The number of ether oxygens (including phenoxy) is 1. The normalized spacial score (nSPS) is 10.5. The summed E-state index contributed by atoms with van der Waals surface area (Å²) in [7, 11) is 1.47. The van der Waals surface area contributed by atoms with Gasteiger partial charge in [0.25, 0.3) is 11.7 Å². The minimum absolute atomic E-state index is 0.277. The van der Waals surface area contributed by atoms with E-state index in [0.717, 1.165) is 0 Å². The number of methoxy groups -OCH3 is 1. The SMILES string of the molecule is COc1cc(NC(=O)C(=O)c2c(C)[nH]c3cccnc23)ccn1. The molecule has 0 aromatic carbocycles. The molecule has 0 aliphatic rings. The third-order valence-corrected chi connectivity index (χ3v) is 3.38. The summed E-state index contributed by atoms with van der Waals surface area (Å²) < 4.78 is 4.98. The number of rotatable bonds is 4. The average Bonchev–Trinajstić information content (AvgIpc) is 2.90. The van der Waals surface area contributed by atoms with Gasteiger partial charge in [0.1, 0.15) is 0 Å². The molecule has 0 saturated carbocycles. The lowest BCUT2D eigenvalue weighted by atomic mass is 10.1. The molecule has 0 spiro atoms. The minimum Gasteiger partial charge on any atom is -0.481 e. The van der Waals surface area contributed by atoms with Crippen LogP contribution < -0.4 is 10.1 Å². The zero-order valence-corrected chi connectivity index (χ0v) is 12.6. The zero-order chi connectivity index (χ0) is 16.4. The number of fused-ring (bicyclic) bond motifs is 1. The molecular formula is C16H14N4O3. The van der Waals surface area contributed by atoms with Gasteiger partial charge in [0, 0.05) is 29.8 Å². The van der Waals surface area contributed by atoms with Crippen LogP contribution in [0.15, 0.2) is 36.7 Å². The van der Waals surface area contributed by atoms with E-state index >= 15 is 0 Å². The van der Waals surface area contributed by atoms with Crippen molar-refractivity contribution < 1.29 is 14.3 Å². The number of carbonyl (C=O) groups is 2. The van der Waals surface area contributed by atoms with E-state index in [1.807, 2.05) is 0 Å². The van der Waals surface area contributed by atoms with Crippen LogP contribution in [0, 0.1) is 6.92 Å². The number of hydrogen-bond acceptors (Lipinski definition) is 5. The van der Waals surface area contributed by atoms with E-state index in [1.54, 1.807) is 31.3 Å². The van der Waals surface area contributed by atoms with Crippen LogP contribution in [-0.2, 0) is 4.79 Å². The number of aryl methyl sites for hydroxylation is 1. The van der Waals surface area contributed by atoms with E-state index < -0.39 is 11.7 Å². The van der Waals surface area contributed by atoms with Gasteiger partial charge in [-0.25, -0.2) is 4.98 Å². The van der Waals surface area contributed by atoms with Crippen molar-refractivity contribution in [3.8, 4) is 5.88 Å². The molecule has 116 valence electrons. The Hall–Kier alpha value is -3.22. The fourth-order valence-electron chi connectivity index (χ4n) is 2.33. The molecule has 0 aliphatic heterocycles. The number of ketones is 1. The van der Waals surface area contributed by atoms with Crippen LogP contribution in [0.4, 0.5) is 5.69 Å². The molecule has 0 radical (unpaired) electrons. The average molecular weight is 310 g/mol. The highest BCUT2D eigenvalue weighted by Crippen LogP contribution is 2.21. The predicted octanol–water partition coefficient (Wildman–Crippen LogP) is 2.10. The van der Waals surface area contributed by atoms with Crippen molar-refractivity contribution in [1.82, 2.24) is 15.0 Å². The maximum Gasteiger partial charge on any atom is 0.296 e. The van der Waals surface area contributed by atoms with Crippen molar-refractivity contribution >= 4 is 28.4 Å². The Balaban J connectivity index is 1.89. The molecule has 2 N–H and O–H groups in total. The van der Waals surface area contributed by atoms with Gasteiger partial charge in [0.15, 0.2) is 0 Å². The number of aromatic amines is 1. The molecule has 0 bridgehead atoms. The first-order valence-corrected chi connectivity index (χ1v) is 6.89. The monoisotopic (exact) mass is 310 g/mol. The van der Waals surface area contributed by atoms with E-state index in [0.29, 0.717) is 28.3 Å². The van der Waals surface area contributed by atoms with Gasteiger partial charge in [-0.3, -0.25) is 14.6 Å². The molecule has 7 nitrogen and oxygen atoms in total. The van der Waals surface area contributed by atoms with E-state index in [2.05, 4.69) is 20.3 Å². The molecule has 0 unspecified atom stereocenters. The summed E-state index contributed by atoms with van der Waals surface area (Å²) in [6.45, 7) is 1.73. The van der Waals surface area contributed by atoms with Gasteiger partial charge < -0.3 is 15.0 Å². The number of hydrogen-bond donors (Lipinski definition) is 2. The molecular weight excluding hydrogens is 296 g/mol. The van der Waals surface area contributed by atoms with Crippen LogP contribution in [0.2, 0.25) is 0 Å². The van der Waals surface area contributed by atoms with Crippen molar-refractivity contribution in [2.24, 2.45) is 0 Å². The fourth-order valence-corrected chi connectivity index (χ4v) is 2.33. The van der Waals surface area contributed by atoms with Crippen molar-refractivity contribution in [3.05, 3.63) is 47.9 Å². The first-order chi connectivity index (χ1) is 11.1. The third-order valence-electron chi connectivity index (χ3n) is 3.38.